The SMILES string of the molecule is CO[C@@H](C)C(=O)N[C@@H](C(=O)N1C[C@@H](C)N(C)C[C@H]1C)[C@@H](C)c1ccc(N)c(F)c1. The predicted molar refractivity (Wildman–Crippen MR) is 111 cm³/mol. The van der Waals surface area contributed by atoms with Gasteiger partial charge in [-0.15, -0.1) is 0 Å². The summed E-state index contributed by atoms with van der Waals surface area (Å²) in [6.45, 7) is 8.77. The van der Waals surface area contributed by atoms with Gasteiger partial charge in [0.05, 0.1) is 5.69 Å². The Hall–Kier alpha value is -2.19. The van der Waals surface area contributed by atoms with Gasteiger partial charge in [0.25, 0.3) is 0 Å². The van der Waals surface area contributed by atoms with Gasteiger partial charge in [0.2, 0.25) is 11.8 Å². The first-order valence-corrected chi connectivity index (χ1v) is 9.95. The smallest absolute Gasteiger partial charge is 0.249 e. The van der Waals surface area contributed by atoms with Crippen LogP contribution in [0.2, 0.25) is 0 Å². The summed E-state index contributed by atoms with van der Waals surface area (Å²) in [4.78, 5) is 30.0. The van der Waals surface area contributed by atoms with Crippen molar-refractivity contribution in [3.8, 4) is 0 Å². The van der Waals surface area contributed by atoms with Crippen molar-refractivity contribution in [1.29, 1.82) is 0 Å². The van der Waals surface area contributed by atoms with Gasteiger partial charge >= 0.3 is 0 Å². The Morgan fingerprint density at radius 2 is 1.90 bits per heavy atom. The van der Waals surface area contributed by atoms with Gasteiger partial charge < -0.3 is 20.7 Å². The number of amides is 2. The third-order valence-corrected chi connectivity index (χ3v) is 5.92. The third-order valence-electron chi connectivity index (χ3n) is 5.92. The first kappa shape index (κ1) is 23.1. The zero-order chi connectivity index (χ0) is 21.9. The predicted octanol–water partition coefficient (Wildman–Crippen LogP) is 1.58. The summed E-state index contributed by atoms with van der Waals surface area (Å²) < 4.78 is 19.1. The van der Waals surface area contributed by atoms with E-state index in [4.69, 9.17) is 10.5 Å². The summed E-state index contributed by atoms with van der Waals surface area (Å²) in [5.74, 6) is -1.56. The van der Waals surface area contributed by atoms with Gasteiger partial charge in [-0.2, -0.15) is 0 Å². The number of ether oxygens (including phenoxy) is 1. The number of likely N-dealkylation sites (N-methyl/N-ethyl adjacent to an activating group) is 1. The van der Waals surface area contributed by atoms with Gasteiger partial charge in [0.1, 0.15) is 18.0 Å². The molecule has 0 saturated carbocycles. The maximum absolute atomic E-state index is 14.0. The summed E-state index contributed by atoms with van der Waals surface area (Å²) in [6.07, 6.45) is -0.704. The number of piperazine rings is 1. The number of nitrogens with two attached hydrogens (primary N) is 1. The monoisotopic (exact) mass is 408 g/mol. The van der Waals surface area contributed by atoms with Crippen LogP contribution in [0.25, 0.3) is 0 Å². The Bertz CT molecular complexity index is 745. The van der Waals surface area contributed by atoms with E-state index in [0.29, 0.717) is 12.1 Å². The van der Waals surface area contributed by atoms with Crippen molar-refractivity contribution < 1.29 is 18.7 Å². The molecule has 3 N–H and O–H groups in total. The van der Waals surface area contributed by atoms with Crippen LogP contribution in [0, 0.1) is 5.82 Å². The lowest BCUT2D eigenvalue weighted by molar-refractivity contribution is -0.143. The highest BCUT2D eigenvalue weighted by molar-refractivity contribution is 5.90. The molecule has 1 fully saturated rings. The molecule has 1 aromatic carbocycles. The molecule has 1 aliphatic rings. The van der Waals surface area contributed by atoms with E-state index in [1.807, 2.05) is 14.0 Å². The van der Waals surface area contributed by atoms with Crippen molar-refractivity contribution in [2.75, 3.05) is 33.0 Å². The minimum atomic E-state index is -0.846. The average molecular weight is 409 g/mol. The standard InChI is InChI=1S/C21H33FN4O3/c1-12-11-26(13(2)10-25(12)5)21(28)19(24-20(27)15(4)29-6)14(3)16-7-8-18(23)17(22)9-16/h7-9,12-15,19H,10-11,23H2,1-6H3,(H,24,27)/t12-,13-,14+,15+,19-/m1/s1. The molecule has 0 bridgehead atoms. The van der Waals surface area contributed by atoms with Crippen molar-refractivity contribution in [1.82, 2.24) is 15.1 Å². The lowest BCUT2D eigenvalue weighted by Crippen LogP contribution is -2.61. The lowest BCUT2D eigenvalue weighted by atomic mass is 9.91. The highest BCUT2D eigenvalue weighted by Crippen LogP contribution is 2.26. The molecule has 1 saturated heterocycles. The Morgan fingerprint density at radius 1 is 1.24 bits per heavy atom. The van der Waals surface area contributed by atoms with Crippen LogP contribution in [0.1, 0.15) is 39.2 Å². The van der Waals surface area contributed by atoms with Crippen LogP contribution >= 0.6 is 0 Å². The fraction of sp³-hybridized carbons (Fsp3) is 0.619. The van der Waals surface area contributed by atoms with E-state index in [-0.39, 0.29) is 29.6 Å². The number of nitrogens with one attached hydrogen (secondary N) is 1. The largest absolute Gasteiger partial charge is 0.396 e. The second-order valence-electron chi connectivity index (χ2n) is 8.06. The van der Waals surface area contributed by atoms with E-state index in [2.05, 4.69) is 17.1 Å². The summed E-state index contributed by atoms with van der Waals surface area (Å²) in [6, 6.07) is 3.84. The van der Waals surface area contributed by atoms with Crippen LogP contribution in [0.15, 0.2) is 18.2 Å². The number of hydrogen-bond acceptors (Lipinski definition) is 5. The summed E-state index contributed by atoms with van der Waals surface area (Å²) in [7, 11) is 3.46. The molecule has 1 aromatic rings. The molecule has 2 amide bonds. The molecular weight excluding hydrogens is 375 g/mol. The lowest BCUT2D eigenvalue weighted by Gasteiger charge is -2.44. The Kier molecular flexibility index (Phi) is 7.60. The molecule has 7 nitrogen and oxygen atoms in total. The number of anilines is 1. The van der Waals surface area contributed by atoms with Crippen LogP contribution < -0.4 is 11.1 Å². The maximum atomic E-state index is 14.0. The van der Waals surface area contributed by atoms with Crippen molar-refractivity contribution in [3.63, 3.8) is 0 Å². The zero-order valence-corrected chi connectivity index (χ0v) is 18.1. The molecule has 0 aromatic heterocycles. The molecule has 0 radical (unpaired) electrons. The zero-order valence-electron chi connectivity index (χ0n) is 18.1. The van der Waals surface area contributed by atoms with Crippen molar-refractivity contribution >= 4 is 17.5 Å². The first-order chi connectivity index (χ1) is 13.6. The summed E-state index contributed by atoms with van der Waals surface area (Å²) in [5, 5.41) is 2.82. The third kappa shape index (κ3) is 5.25. The number of carbonyl (C=O) groups excluding carboxylic acids is 2. The van der Waals surface area contributed by atoms with Crippen LogP contribution in [0.3, 0.4) is 0 Å². The number of halogens is 1. The van der Waals surface area contributed by atoms with E-state index in [0.717, 1.165) is 6.54 Å². The van der Waals surface area contributed by atoms with Crippen LogP contribution in [0.5, 0.6) is 0 Å². The molecule has 2 rings (SSSR count). The average Bonchev–Trinajstić information content (AvgIpc) is 2.69. The van der Waals surface area contributed by atoms with E-state index in [1.165, 1.54) is 19.2 Å². The Morgan fingerprint density at radius 3 is 2.48 bits per heavy atom. The quantitative estimate of drug-likeness (QED) is 0.698. The molecule has 8 heteroatoms. The van der Waals surface area contributed by atoms with Crippen molar-refractivity contribution in [2.24, 2.45) is 0 Å². The fourth-order valence-corrected chi connectivity index (χ4v) is 3.58. The highest BCUT2D eigenvalue weighted by atomic mass is 19.1. The van der Waals surface area contributed by atoms with Gasteiger partial charge in [-0.1, -0.05) is 13.0 Å². The normalized spacial score (nSPS) is 23.3. The van der Waals surface area contributed by atoms with Gasteiger partial charge in [0, 0.05) is 38.2 Å². The molecule has 0 unspecified atom stereocenters. The van der Waals surface area contributed by atoms with E-state index < -0.39 is 23.9 Å². The van der Waals surface area contributed by atoms with E-state index in [9.17, 15) is 14.0 Å². The molecule has 0 spiro atoms. The highest BCUT2D eigenvalue weighted by Gasteiger charge is 2.37. The first-order valence-electron chi connectivity index (χ1n) is 9.95. The molecular formula is C21H33FN4O3. The summed E-state index contributed by atoms with van der Waals surface area (Å²) >= 11 is 0. The van der Waals surface area contributed by atoms with Gasteiger partial charge in [0.15, 0.2) is 0 Å². The van der Waals surface area contributed by atoms with Crippen LogP contribution in [-0.4, -0.2) is 73.1 Å². The number of carbonyl (C=O) groups is 2. The second-order valence-corrected chi connectivity index (χ2v) is 8.06. The van der Waals surface area contributed by atoms with E-state index in [1.54, 1.807) is 24.8 Å². The van der Waals surface area contributed by atoms with Gasteiger partial charge in [-0.3, -0.25) is 14.5 Å². The number of benzene rings is 1. The molecule has 1 aliphatic heterocycles. The van der Waals surface area contributed by atoms with Crippen molar-refractivity contribution in [2.45, 2.75) is 57.8 Å². The molecule has 0 aliphatic carbocycles. The van der Waals surface area contributed by atoms with E-state index >= 15 is 0 Å². The van der Waals surface area contributed by atoms with Crippen molar-refractivity contribution in [3.05, 3.63) is 29.6 Å². The minimum Gasteiger partial charge on any atom is -0.396 e. The van der Waals surface area contributed by atoms with Crippen LogP contribution in [-0.2, 0) is 14.3 Å². The fourth-order valence-electron chi connectivity index (χ4n) is 3.58. The van der Waals surface area contributed by atoms with Crippen LogP contribution in [0.4, 0.5) is 10.1 Å². The number of methoxy groups -OCH3 is 1. The topological polar surface area (TPSA) is 87.9 Å². The number of rotatable bonds is 6. The Balaban J connectivity index is 2.34. The van der Waals surface area contributed by atoms with Gasteiger partial charge in [-0.05, 0) is 45.5 Å². The number of nitrogens with zero attached hydrogens (tertiary/aromatic N) is 2. The molecule has 1 heterocycles. The molecule has 5 atom stereocenters. The Labute approximate surface area is 172 Å². The minimum absolute atomic E-state index is 0.00157. The molecule has 29 heavy (non-hydrogen) atoms. The summed E-state index contributed by atoms with van der Waals surface area (Å²) in [5.41, 5.74) is 6.22. The number of nitrogen functional groups attached to an aromatic ring is 1. The number of hydrogen-bond donors (Lipinski definition) is 2. The molecule has 162 valence electrons. The maximum Gasteiger partial charge on any atom is 0.249 e. The van der Waals surface area contributed by atoms with Gasteiger partial charge in [-0.25, -0.2) is 4.39 Å². The second kappa shape index (κ2) is 9.54.